The Morgan fingerprint density at radius 3 is 2.52 bits per heavy atom. The SMILES string of the molecule is O=C1/C(=C/c2ccc(-c3c(Cl)cccc3Cl)o2)SC(=S)N1C1CCCCC1. The van der Waals surface area contributed by atoms with Crippen LogP contribution in [0.4, 0.5) is 0 Å². The fraction of sp³-hybridized carbons (Fsp3) is 0.300. The summed E-state index contributed by atoms with van der Waals surface area (Å²) in [5, 5.41) is 1.04. The highest BCUT2D eigenvalue weighted by Crippen LogP contribution is 2.39. The van der Waals surface area contributed by atoms with Crippen molar-refractivity contribution in [1.29, 1.82) is 0 Å². The van der Waals surface area contributed by atoms with E-state index in [0.717, 1.165) is 25.7 Å². The molecule has 0 radical (unpaired) electrons. The second kappa shape index (κ2) is 8.00. The molecule has 2 fully saturated rings. The Labute approximate surface area is 177 Å². The van der Waals surface area contributed by atoms with Gasteiger partial charge in [-0.3, -0.25) is 9.69 Å². The van der Waals surface area contributed by atoms with E-state index in [1.807, 2.05) is 6.07 Å². The molecule has 1 aromatic carbocycles. The van der Waals surface area contributed by atoms with Crippen LogP contribution in [0.3, 0.4) is 0 Å². The van der Waals surface area contributed by atoms with Gasteiger partial charge in [0.05, 0.1) is 20.5 Å². The lowest BCUT2D eigenvalue weighted by Gasteiger charge is -2.29. The van der Waals surface area contributed by atoms with E-state index < -0.39 is 0 Å². The predicted molar refractivity (Wildman–Crippen MR) is 116 cm³/mol. The van der Waals surface area contributed by atoms with Crippen molar-refractivity contribution in [3.8, 4) is 11.3 Å². The third-order valence-electron chi connectivity index (χ3n) is 4.87. The molecule has 0 N–H and O–H groups in total. The summed E-state index contributed by atoms with van der Waals surface area (Å²) < 4.78 is 6.52. The first-order valence-electron chi connectivity index (χ1n) is 8.86. The van der Waals surface area contributed by atoms with E-state index in [2.05, 4.69) is 0 Å². The summed E-state index contributed by atoms with van der Waals surface area (Å²) in [5.74, 6) is 1.12. The lowest BCUT2D eigenvalue weighted by Crippen LogP contribution is -2.39. The Morgan fingerprint density at radius 1 is 1.11 bits per heavy atom. The molecule has 3 nitrogen and oxygen atoms in total. The Kier molecular flexibility index (Phi) is 5.65. The Hall–Kier alpha value is -1.27. The summed E-state index contributed by atoms with van der Waals surface area (Å²) in [6.07, 6.45) is 7.34. The second-order valence-electron chi connectivity index (χ2n) is 6.64. The number of nitrogens with zero attached hydrogens (tertiary/aromatic N) is 1. The molecule has 1 amide bonds. The van der Waals surface area contributed by atoms with Crippen LogP contribution in [0.2, 0.25) is 10.0 Å². The fourth-order valence-corrected chi connectivity index (χ4v) is 5.53. The standard InChI is InChI=1S/C20H17Cl2NO2S2/c21-14-7-4-8-15(22)18(14)16-10-9-13(25-16)11-17-19(24)23(20(26)27-17)12-5-2-1-3-6-12/h4,7-12H,1-3,5-6H2/b17-11-. The molecule has 0 spiro atoms. The molecule has 2 heterocycles. The molecular formula is C20H17Cl2NO2S2. The average molecular weight is 438 g/mol. The highest BCUT2D eigenvalue weighted by atomic mass is 35.5. The number of thiocarbonyl (C=S) groups is 1. The van der Waals surface area contributed by atoms with Crippen LogP contribution in [0.25, 0.3) is 17.4 Å². The molecule has 140 valence electrons. The number of carbonyl (C=O) groups is 1. The molecule has 1 saturated heterocycles. The minimum atomic E-state index is -0.0226. The Morgan fingerprint density at radius 2 is 1.81 bits per heavy atom. The van der Waals surface area contributed by atoms with Crippen molar-refractivity contribution in [2.24, 2.45) is 0 Å². The molecule has 1 saturated carbocycles. The number of furan rings is 1. The molecule has 1 aliphatic carbocycles. The van der Waals surface area contributed by atoms with Crippen LogP contribution in [0.15, 0.2) is 39.7 Å². The summed E-state index contributed by atoms with van der Waals surface area (Å²) in [7, 11) is 0. The zero-order chi connectivity index (χ0) is 19.0. The maximum Gasteiger partial charge on any atom is 0.266 e. The van der Waals surface area contributed by atoms with Gasteiger partial charge >= 0.3 is 0 Å². The van der Waals surface area contributed by atoms with Gasteiger partial charge in [-0.25, -0.2) is 0 Å². The van der Waals surface area contributed by atoms with E-state index in [9.17, 15) is 4.79 Å². The predicted octanol–water partition coefficient (Wildman–Crippen LogP) is 6.79. The third-order valence-corrected chi connectivity index (χ3v) is 6.83. The number of benzene rings is 1. The second-order valence-corrected chi connectivity index (χ2v) is 9.13. The molecular weight excluding hydrogens is 421 g/mol. The zero-order valence-corrected chi connectivity index (χ0v) is 17.6. The molecule has 4 rings (SSSR count). The summed E-state index contributed by atoms with van der Waals surface area (Å²) in [6, 6.07) is 9.16. The van der Waals surface area contributed by atoms with Crippen molar-refractivity contribution in [1.82, 2.24) is 4.90 Å². The van der Waals surface area contributed by atoms with Gasteiger partial charge < -0.3 is 4.42 Å². The zero-order valence-electron chi connectivity index (χ0n) is 14.4. The van der Waals surface area contributed by atoms with Gasteiger partial charge in [-0.15, -0.1) is 0 Å². The van der Waals surface area contributed by atoms with Gasteiger partial charge in [-0.1, -0.05) is 72.5 Å². The molecule has 7 heteroatoms. The Balaban J connectivity index is 1.59. The number of amides is 1. The summed E-state index contributed by atoms with van der Waals surface area (Å²) >= 11 is 19.3. The van der Waals surface area contributed by atoms with Gasteiger partial charge in [0.2, 0.25) is 0 Å². The van der Waals surface area contributed by atoms with Crippen LogP contribution in [0, 0.1) is 0 Å². The van der Waals surface area contributed by atoms with E-state index in [-0.39, 0.29) is 11.9 Å². The quantitative estimate of drug-likeness (QED) is 0.390. The maximum absolute atomic E-state index is 12.9. The van der Waals surface area contributed by atoms with Gasteiger partial charge in [0.25, 0.3) is 5.91 Å². The monoisotopic (exact) mass is 437 g/mol. The summed E-state index contributed by atoms with van der Waals surface area (Å²) in [6.45, 7) is 0. The normalized spacial score (nSPS) is 20.1. The maximum atomic E-state index is 12.9. The number of thioether (sulfide) groups is 1. The van der Waals surface area contributed by atoms with Crippen LogP contribution in [0.5, 0.6) is 0 Å². The number of hydrogen-bond acceptors (Lipinski definition) is 4. The van der Waals surface area contributed by atoms with E-state index in [4.69, 9.17) is 39.8 Å². The fourth-order valence-electron chi connectivity index (χ4n) is 3.56. The van der Waals surface area contributed by atoms with Crippen molar-refractivity contribution in [2.75, 3.05) is 0 Å². The van der Waals surface area contributed by atoms with Gasteiger partial charge in [-0.05, 0) is 37.1 Å². The van der Waals surface area contributed by atoms with Gasteiger partial charge in [0.1, 0.15) is 15.8 Å². The molecule has 2 aromatic rings. The van der Waals surface area contributed by atoms with E-state index >= 15 is 0 Å². The minimum absolute atomic E-state index is 0.0226. The first-order chi connectivity index (χ1) is 13.0. The Bertz CT molecular complexity index is 912. The number of halogens is 2. The lowest BCUT2D eigenvalue weighted by atomic mass is 9.94. The van der Waals surface area contributed by atoms with E-state index in [1.54, 1.807) is 35.2 Å². The molecule has 1 aliphatic heterocycles. The van der Waals surface area contributed by atoms with Gasteiger partial charge in [0.15, 0.2) is 0 Å². The molecule has 0 atom stereocenters. The highest BCUT2D eigenvalue weighted by Gasteiger charge is 2.37. The van der Waals surface area contributed by atoms with Crippen molar-refractivity contribution in [3.63, 3.8) is 0 Å². The van der Waals surface area contributed by atoms with E-state index in [0.29, 0.717) is 36.4 Å². The largest absolute Gasteiger partial charge is 0.457 e. The molecule has 2 aliphatic rings. The van der Waals surface area contributed by atoms with Crippen molar-refractivity contribution in [3.05, 3.63) is 51.0 Å². The summed E-state index contributed by atoms with van der Waals surface area (Å²) in [4.78, 5) is 15.3. The topological polar surface area (TPSA) is 33.5 Å². The molecule has 0 bridgehead atoms. The first-order valence-corrected chi connectivity index (χ1v) is 10.8. The smallest absolute Gasteiger partial charge is 0.266 e. The van der Waals surface area contributed by atoms with Crippen LogP contribution < -0.4 is 0 Å². The van der Waals surface area contributed by atoms with Gasteiger partial charge in [0, 0.05) is 12.1 Å². The highest BCUT2D eigenvalue weighted by molar-refractivity contribution is 8.26. The minimum Gasteiger partial charge on any atom is -0.457 e. The number of carbonyl (C=O) groups excluding carboxylic acids is 1. The van der Waals surface area contributed by atoms with Crippen molar-refractivity contribution in [2.45, 2.75) is 38.1 Å². The number of hydrogen-bond donors (Lipinski definition) is 0. The molecule has 0 unspecified atom stereocenters. The van der Waals surface area contributed by atoms with E-state index in [1.165, 1.54) is 18.2 Å². The van der Waals surface area contributed by atoms with Crippen molar-refractivity contribution >= 4 is 63.5 Å². The lowest BCUT2D eigenvalue weighted by molar-refractivity contribution is -0.124. The number of rotatable bonds is 3. The van der Waals surface area contributed by atoms with Gasteiger partial charge in [-0.2, -0.15) is 0 Å². The third kappa shape index (κ3) is 3.83. The van der Waals surface area contributed by atoms with Crippen LogP contribution >= 0.6 is 47.2 Å². The van der Waals surface area contributed by atoms with Crippen LogP contribution in [-0.4, -0.2) is 21.2 Å². The first kappa shape index (κ1) is 19.1. The average Bonchev–Trinajstić information content (AvgIpc) is 3.20. The molecule has 1 aromatic heterocycles. The van der Waals surface area contributed by atoms with Crippen LogP contribution in [-0.2, 0) is 4.79 Å². The van der Waals surface area contributed by atoms with Crippen LogP contribution in [0.1, 0.15) is 37.9 Å². The summed E-state index contributed by atoms with van der Waals surface area (Å²) in [5.41, 5.74) is 0.648. The molecule has 27 heavy (non-hydrogen) atoms. The van der Waals surface area contributed by atoms with Crippen molar-refractivity contribution < 1.29 is 9.21 Å².